The number of aliphatic hydroxyl groups is 1. The summed E-state index contributed by atoms with van der Waals surface area (Å²) in [5.41, 5.74) is 0. The summed E-state index contributed by atoms with van der Waals surface area (Å²) in [6.45, 7) is 1.78. The number of nitrogens with one attached hydrogen (secondary N) is 1. The zero-order chi connectivity index (χ0) is 13.9. The van der Waals surface area contributed by atoms with Crippen LogP contribution in [0.2, 0.25) is 0 Å². The maximum atomic E-state index is 12.4. The van der Waals surface area contributed by atoms with Gasteiger partial charge in [-0.1, -0.05) is 0 Å². The summed E-state index contributed by atoms with van der Waals surface area (Å²) in [5, 5.41) is 11.7. The maximum absolute atomic E-state index is 12.4. The number of rotatable bonds is 7. The molecule has 0 aliphatic heterocycles. The Balaban J connectivity index is 1.41. The molecule has 4 aliphatic rings. The normalized spacial score (nSPS) is 38.1. The highest BCUT2D eigenvalue weighted by Crippen LogP contribution is 2.56. The molecular formula is C16H27NO3. The molecule has 0 unspecified atom stereocenters. The van der Waals surface area contributed by atoms with Crippen molar-refractivity contribution in [1.82, 2.24) is 5.32 Å². The SMILES string of the molecule is O=C(NCCCOCCO)C1C2CC3CC(C2)CC1C3. The molecule has 4 bridgehead atoms. The van der Waals surface area contributed by atoms with Crippen LogP contribution >= 0.6 is 0 Å². The van der Waals surface area contributed by atoms with Crippen LogP contribution in [0.3, 0.4) is 0 Å². The molecule has 4 heteroatoms. The Morgan fingerprint density at radius 2 is 1.70 bits per heavy atom. The molecule has 20 heavy (non-hydrogen) atoms. The van der Waals surface area contributed by atoms with Crippen molar-refractivity contribution >= 4 is 5.91 Å². The van der Waals surface area contributed by atoms with Crippen LogP contribution in [0.1, 0.15) is 38.5 Å². The van der Waals surface area contributed by atoms with E-state index in [0.29, 0.717) is 43.4 Å². The van der Waals surface area contributed by atoms with Gasteiger partial charge in [-0.25, -0.2) is 0 Å². The number of hydrogen-bond donors (Lipinski definition) is 2. The number of aliphatic hydroxyl groups excluding tert-OH is 1. The van der Waals surface area contributed by atoms with E-state index in [2.05, 4.69) is 5.32 Å². The number of amides is 1. The topological polar surface area (TPSA) is 58.6 Å². The van der Waals surface area contributed by atoms with Gasteiger partial charge in [0.2, 0.25) is 5.91 Å². The molecular weight excluding hydrogens is 254 g/mol. The second-order valence-corrected chi connectivity index (χ2v) is 6.94. The van der Waals surface area contributed by atoms with Crippen LogP contribution in [0.15, 0.2) is 0 Å². The lowest BCUT2D eigenvalue weighted by Crippen LogP contribution is -2.51. The fourth-order valence-corrected chi connectivity index (χ4v) is 5.02. The van der Waals surface area contributed by atoms with E-state index in [4.69, 9.17) is 9.84 Å². The molecule has 0 spiro atoms. The van der Waals surface area contributed by atoms with Crippen LogP contribution in [-0.2, 0) is 9.53 Å². The van der Waals surface area contributed by atoms with Gasteiger partial charge in [-0.05, 0) is 62.2 Å². The van der Waals surface area contributed by atoms with Gasteiger partial charge >= 0.3 is 0 Å². The third-order valence-electron chi connectivity index (χ3n) is 5.53. The highest BCUT2D eigenvalue weighted by molar-refractivity contribution is 5.79. The van der Waals surface area contributed by atoms with Crippen molar-refractivity contribution < 1.29 is 14.6 Å². The summed E-state index contributed by atoms with van der Waals surface area (Å²) in [6, 6.07) is 0. The maximum Gasteiger partial charge on any atom is 0.223 e. The predicted octanol–water partition coefficient (Wildman–Crippen LogP) is 1.57. The van der Waals surface area contributed by atoms with Crippen molar-refractivity contribution in [3.63, 3.8) is 0 Å². The van der Waals surface area contributed by atoms with E-state index >= 15 is 0 Å². The molecule has 0 aromatic heterocycles. The van der Waals surface area contributed by atoms with Gasteiger partial charge in [0.15, 0.2) is 0 Å². The van der Waals surface area contributed by atoms with Gasteiger partial charge in [0, 0.05) is 19.1 Å². The number of hydrogen-bond acceptors (Lipinski definition) is 3. The third kappa shape index (κ3) is 3.01. The quantitative estimate of drug-likeness (QED) is 0.697. The van der Waals surface area contributed by atoms with Crippen LogP contribution in [0, 0.1) is 29.6 Å². The average molecular weight is 281 g/mol. The molecule has 114 valence electrons. The molecule has 4 rings (SSSR count). The highest BCUT2D eigenvalue weighted by Gasteiger charge is 2.50. The Morgan fingerprint density at radius 1 is 1.05 bits per heavy atom. The first-order valence-electron chi connectivity index (χ1n) is 8.24. The second-order valence-electron chi connectivity index (χ2n) is 6.94. The van der Waals surface area contributed by atoms with E-state index < -0.39 is 0 Å². The van der Waals surface area contributed by atoms with Crippen LogP contribution in [0.25, 0.3) is 0 Å². The summed E-state index contributed by atoms with van der Waals surface area (Å²) < 4.78 is 5.20. The van der Waals surface area contributed by atoms with Crippen molar-refractivity contribution in [3.05, 3.63) is 0 Å². The molecule has 4 saturated carbocycles. The zero-order valence-electron chi connectivity index (χ0n) is 12.2. The molecule has 4 fully saturated rings. The Bertz CT molecular complexity index is 317. The lowest BCUT2D eigenvalue weighted by Gasteiger charge is -2.53. The van der Waals surface area contributed by atoms with E-state index in [1.807, 2.05) is 0 Å². The Hall–Kier alpha value is -0.610. The summed E-state index contributed by atoms with van der Waals surface area (Å²) in [7, 11) is 0. The van der Waals surface area contributed by atoms with Crippen LogP contribution in [0.5, 0.6) is 0 Å². The first-order chi connectivity index (χ1) is 9.78. The van der Waals surface area contributed by atoms with Gasteiger partial charge in [0.25, 0.3) is 0 Å². The molecule has 4 nitrogen and oxygen atoms in total. The van der Waals surface area contributed by atoms with Crippen molar-refractivity contribution in [2.24, 2.45) is 29.6 Å². The monoisotopic (exact) mass is 281 g/mol. The summed E-state index contributed by atoms with van der Waals surface area (Å²) >= 11 is 0. The largest absolute Gasteiger partial charge is 0.394 e. The zero-order valence-corrected chi connectivity index (χ0v) is 12.2. The lowest BCUT2D eigenvalue weighted by molar-refractivity contribution is -0.138. The van der Waals surface area contributed by atoms with Crippen LogP contribution in [0.4, 0.5) is 0 Å². The number of ether oxygens (including phenoxy) is 1. The van der Waals surface area contributed by atoms with Crippen LogP contribution in [-0.4, -0.2) is 37.4 Å². The van der Waals surface area contributed by atoms with Gasteiger partial charge in [-0.15, -0.1) is 0 Å². The Labute approximate surface area is 121 Å². The van der Waals surface area contributed by atoms with Gasteiger partial charge in [0.1, 0.15) is 0 Å². The van der Waals surface area contributed by atoms with Gasteiger partial charge in [0.05, 0.1) is 13.2 Å². The van der Waals surface area contributed by atoms with Crippen molar-refractivity contribution in [2.75, 3.05) is 26.4 Å². The molecule has 0 aromatic carbocycles. The molecule has 0 saturated heterocycles. The Morgan fingerprint density at radius 3 is 2.30 bits per heavy atom. The third-order valence-corrected chi connectivity index (χ3v) is 5.53. The van der Waals surface area contributed by atoms with Crippen molar-refractivity contribution in [3.8, 4) is 0 Å². The molecule has 2 N–H and O–H groups in total. The van der Waals surface area contributed by atoms with E-state index in [1.54, 1.807) is 0 Å². The molecule has 0 radical (unpaired) electrons. The first kappa shape index (κ1) is 14.3. The minimum atomic E-state index is 0.0696. The molecule has 4 aliphatic carbocycles. The minimum absolute atomic E-state index is 0.0696. The van der Waals surface area contributed by atoms with Crippen molar-refractivity contribution in [1.29, 1.82) is 0 Å². The molecule has 0 atom stereocenters. The van der Waals surface area contributed by atoms with E-state index in [0.717, 1.165) is 18.3 Å². The van der Waals surface area contributed by atoms with Gasteiger partial charge in [-0.2, -0.15) is 0 Å². The summed E-state index contributed by atoms with van der Waals surface area (Å²) in [4.78, 5) is 12.4. The highest BCUT2D eigenvalue weighted by atomic mass is 16.5. The smallest absolute Gasteiger partial charge is 0.223 e. The fourth-order valence-electron chi connectivity index (χ4n) is 5.02. The standard InChI is InChI=1S/C16H27NO3/c18-3-5-20-4-1-2-17-16(19)15-13-7-11-6-12(9-13)10-14(15)8-11/h11-15,18H,1-10H2,(H,17,19). The van der Waals surface area contributed by atoms with Crippen LogP contribution < -0.4 is 5.32 Å². The average Bonchev–Trinajstić information content (AvgIpc) is 2.41. The molecule has 1 amide bonds. The number of carbonyl (C=O) groups excluding carboxylic acids is 1. The second kappa shape index (κ2) is 6.44. The Kier molecular flexibility index (Phi) is 4.61. The van der Waals surface area contributed by atoms with Gasteiger partial charge < -0.3 is 15.2 Å². The minimum Gasteiger partial charge on any atom is -0.394 e. The van der Waals surface area contributed by atoms with Gasteiger partial charge in [-0.3, -0.25) is 4.79 Å². The van der Waals surface area contributed by atoms with E-state index in [9.17, 15) is 4.79 Å². The molecule has 0 heterocycles. The van der Waals surface area contributed by atoms with E-state index in [-0.39, 0.29) is 6.61 Å². The van der Waals surface area contributed by atoms with E-state index in [1.165, 1.54) is 32.1 Å². The summed E-state index contributed by atoms with van der Waals surface area (Å²) in [5.74, 6) is 3.76. The summed E-state index contributed by atoms with van der Waals surface area (Å²) in [6.07, 6.45) is 7.45. The van der Waals surface area contributed by atoms with Crippen molar-refractivity contribution in [2.45, 2.75) is 38.5 Å². The number of carbonyl (C=O) groups is 1. The fraction of sp³-hybridized carbons (Fsp3) is 0.938. The predicted molar refractivity (Wildman–Crippen MR) is 76.1 cm³/mol. The molecule has 0 aromatic rings. The first-order valence-corrected chi connectivity index (χ1v) is 8.24. The lowest BCUT2D eigenvalue weighted by atomic mass is 9.51.